The number of rotatable bonds is 3. The van der Waals surface area contributed by atoms with Crippen LogP contribution in [0.5, 0.6) is 5.75 Å². The van der Waals surface area contributed by atoms with Crippen LogP contribution in [0.4, 0.5) is 0 Å². The van der Waals surface area contributed by atoms with Gasteiger partial charge in [0.15, 0.2) is 0 Å². The number of piperidine rings is 1. The maximum Gasteiger partial charge on any atom is 0.240 e. The lowest BCUT2D eigenvalue weighted by Gasteiger charge is -2.61. The molecule has 4 nitrogen and oxygen atoms in total. The third-order valence-electron chi connectivity index (χ3n) is 8.07. The Labute approximate surface area is 163 Å². The molecule has 1 aliphatic carbocycles. The van der Waals surface area contributed by atoms with Crippen molar-refractivity contribution in [1.29, 1.82) is 0 Å². The van der Waals surface area contributed by atoms with Crippen molar-refractivity contribution in [3.8, 4) is 5.75 Å². The average Bonchev–Trinajstić information content (AvgIpc) is 3.07. The van der Waals surface area contributed by atoms with Crippen molar-refractivity contribution in [3.05, 3.63) is 29.3 Å². The highest BCUT2D eigenvalue weighted by Crippen LogP contribution is 2.57. The average molecular weight is 371 g/mol. The molecule has 4 heteroatoms. The lowest BCUT2D eigenvalue weighted by atomic mass is 9.51. The van der Waals surface area contributed by atoms with Gasteiger partial charge in [-0.2, -0.15) is 0 Å². The summed E-state index contributed by atoms with van der Waals surface area (Å²) in [6.45, 7) is 12.1. The van der Waals surface area contributed by atoms with E-state index in [4.69, 9.17) is 0 Å². The lowest BCUT2D eigenvalue weighted by Crippen LogP contribution is -2.66. The van der Waals surface area contributed by atoms with Crippen LogP contribution in [0.15, 0.2) is 18.2 Å². The third-order valence-corrected chi connectivity index (χ3v) is 8.07. The molecule has 1 N–H and O–H groups in total. The molecule has 2 aliphatic heterocycles. The van der Waals surface area contributed by atoms with Gasteiger partial charge in [0.05, 0.1) is 6.04 Å². The monoisotopic (exact) mass is 370 g/mol. The number of hydrogen-bond donors (Lipinski definition) is 1. The summed E-state index contributed by atoms with van der Waals surface area (Å²) in [6.07, 6.45) is 4.93. The Kier molecular flexibility index (Phi) is 4.53. The second-order valence-electron chi connectivity index (χ2n) is 9.55. The molecule has 148 valence electrons. The highest BCUT2D eigenvalue weighted by atomic mass is 16.3. The number of phenolic OH excluding ortho intramolecular Hbond substituents is 1. The molecule has 3 atom stereocenters. The molecule has 0 aromatic heterocycles. The van der Waals surface area contributed by atoms with Crippen LogP contribution in [0.1, 0.15) is 64.5 Å². The molecule has 27 heavy (non-hydrogen) atoms. The van der Waals surface area contributed by atoms with E-state index in [0.717, 1.165) is 57.3 Å². The zero-order valence-corrected chi connectivity index (χ0v) is 17.3. The number of fused-ring (bicyclic) bond motifs is 4. The first kappa shape index (κ1) is 18.8. The molecule has 1 unspecified atom stereocenters. The standard InChI is InChI=1S/C23H34N2O2/c1-5-12-24-13-7-9-18(24)21(27)25-14-11-23(4)17-8-6-10-19(26)16(17)15-20(25)22(23,2)3/h6,8,10,18,20,26H,5,7,9,11-15H2,1-4H3/t18?,20-,23+/m1/s1. The molecule has 2 bridgehead atoms. The Morgan fingerprint density at radius 1 is 1.26 bits per heavy atom. The fourth-order valence-corrected chi connectivity index (χ4v) is 6.04. The minimum Gasteiger partial charge on any atom is -0.508 e. The number of phenols is 1. The molecule has 4 rings (SSSR count). The highest BCUT2D eigenvalue weighted by molar-refractivity contribution is 5.83. The van der Waals surface area contributed by atoms with E-state index in [2.05, 4.69) is 43.6 Å². The number of nitrogens with zero attached hydrogens (tertiary/aromatic N) is 2. The van der Waals surface area contributed by atoms with Crippen molar-refractivity contribution in [2.45, 2.75) is 77.3 Å². The smallest absolute Gasteiger partial charge is 0.240 e. The van der Waals surface area contributed by atoms with E-state index >= 15 is 0 Å². The Balaban J connectivity index is 1.69. The molecule has 2 heterocycles. The van der Waals surface area contributed by atoms with Gasteiger partial charge in [0.1, 0.15) is 5.75 Å². The van der Waals surface area contributed by atoms with Gasteiger partial charge in [-0.25, -0.2) is 0 Å². The van der Waals surface area contributed by atoms with E-state index in [-0.39, 0.29) is 22.9 Å². The van der Waals surface area contributed by atoms with Crippen molar-refractivity contribution < 1.29 is 9.90 Å². The van der Waals surface area contributed by atoms with Crippen LogP contribution in [0, 0.1) is 5.41 Å². The van der Waals surface area contributed by atoms with Crippen LogP contribution in [0.3, 0.4) is 0 Å². The largest absolute Gasteiger partial charge is 0.508 e. The number of likely N-dealkylation sites (tertiary alicyclic amines) is 2. The first-order valence-corrected chi connectivity index (χ1v) is 10.7. The Hall–Kier alpha value is -1.55. The van der Waals surface area contributed by atoms with Crippen molar-refractivity contribution in [2.75, 3.05) is 19.6 Å². The van der Waals surface area contributed by atoms with Crippen molar-refractivity contribution in [2.24, 2.45) is 5.41 Å². The first-order chi connectivity index (χ1) is 12.8. The number of carbonyl (C=O) groups is 1. The number of hydrogen-bond acceptors (Lipinski definition) is 3. The first-order valence-electron chi connectivity index (χ1n) is 10.7. The SMILES string of the molecule is CCCN1CCCC1C(=O)N1CC[C@@]2(C)c3cccc(O)c3C[C@@H]1C2(C)C. The van der Waals surface area contributed by atoms with Crippen molar-refractivity contribution in [3.63, 3.8) is 0 Å². The normalized spacial score (nSPS) is 32.4. The summed E-state index contributed by atoms with van der Waals surface area (Å²) in [4.78, 5) is 18.2. The van der Waals surface area contributed by atoms with Crippen molar-refractivity contribution >= 4 is 5.91 Å². The second kappa shape index (κ2) is 6.51. The third kappa shape index (κ3) is 2.63. The summed E-state index contributed by atoms with van der Waals surface area (Å²) in [5, 5.41) is 10.5. The van der Waals surface area contributed by atoms with Gasteiger partial charge in [-0.05, 0) is 67.8 Å². The van der Waals surface area contributed by atoms with Gasteiger partial charge < -0.3 is 10.0 Å². The quantitative estimate of drug-likeness (QED) is 0.882. The van der Waals surface area contributed by atoms with Gasteiger partial charge in [0, 0.05) is 18.0 Å². The number of amides is 1. The molecule has 0 radical (unpaired) electrons. The van der Waals surface area contributed by atoms with Crippen LogP contribution < -0.4 is 0 Å². The minimum absolute atomic E-state index is 0.0143. The van der Waals surface area contributed by atoms with Crippen LogP contribution in [0.25, 0.3) is 0 Å². The fraction of sp³-hybridized carbons (Fsp3) is 0.696. The number of aromatic hydroxyl groups is 1. The van der Waals surface area contributed by atoms with Gasteiger partial charge >= 0.3 is 0 Å². The number of carbonyl (C=O) groups excluding carboxylic acids is 1. The predicted molar refractivity (Wildman–Crippen MR) is 108 cm³/mol. The molecule has 1 aromatic carbocycles. The van der Waals surface area contributed by atoms with Gasteiger partial charge in [-0.1, -0.05) is 39.8 Å². The van der Waals surface area contributed by atoms with Crippen LogP contribution in [-0.4, -0.2) is 52.5 Å². The predicted octanol–water partition coefficient (Wildman–Crippen LogP) is 3.71. The summed E-state index contributed by atoms with van der Waals surface area (Å²) < 4.78 is 0. The molecule has 3 aliphatic rings. The highest BCUT2D eigenvalue weighted by Gasteiger charge is 2.57. The molecule has 0 spiro atoms. The second-order valence-corrected chi connectivity index (χ2v) is 9.55. The molecule has 2 fully saturated rings. The van der Waals surface area contributed by atoms with E-state index < -0.39 is 0 Å². The van der Waals surface area contributed by atoms with Gasteiger partial charge in [-0.3, -0.25) is 9.69 Å². The van der Waals surface area contributed by atoms with Crippen LogP contribution in [-0.2, 0) is 16.6 Å². The van der Waals surface area contributed by atoms with Gasteiger partial charge in [0.25, 0.3) is 0 Å². The summed E-state index contributed by atoms with van der Waals surface area (Å²) >= 11 is 0. The van der Waals surface area contributed by atoms with Gasteiger partial charge in [-0.15, -0.1) is 0 Å². The van der Waals surface area contributed by atoms with Crippen LogP contribution >= 0.6 is 0 Å². The van der Waals surface area contributed by atoms with Gasteiger partial charge in [0.2, 0.25) is 5.91 Å². The summed E-state index contributed by atoms with van der Waals surface area (Å²) in [6, 6.07) is 6.14. The fourth-order valence-electron chi connectivity index (χ4n) is 6.04. The zero-order valence-electron chi connectivity index (χ0n) is 17.3. The van der Waals surface area contributed by atoms with E-state index in [1.165, 1.54) is 5.56 Å². The molecule has 0 saturated carbocycles. The Morgan fingerprint density at radius 3 is 2.78 bits per heavy atom. The van der Waals surface area contributed by atoms with E-state index in [9.17, 15) is 9.90 Å². The Morgan fingerprint density at radius 2 is 2.04 bits per heavy atom. The molecule has 1 aromatic rings. The maximum atomic E-state index is 13.6. The lowest BCUT2D eigenvalue weighted by molar-refractivity contribution is -0.148. The number of benzene rings is 1. The van der Waals surface area contributed by atoms with E-state index in [0.29, 0.717) is 11.7 Å². The summed E-state index contributed by atoms with van der Waals surface area (Å²) in [5.41, 5.74) is 2.30. The Bertz CT molecular complexity index is 744. The molecule has 2 saturated heterocycles. The molecular weight excluding hydrogens is 336 g/mol. The maximum absolute atomic E-state index is 13.6. The minimum atomic E-state index is -0.0180. The summed E-state index contributed by atoms with van der Waals surface area (Å²) in [5.74, 6) is 0.710. The van der Waals surface area contributed by atoms with E-state index in [1.807, 2.05) is 6.07 Å². The van der Waals surface area contributed by atoms with Crippen molar-refractivity contribution in [1.82, 2.24) is 9.80 Å². The van der Waals surface area contributed by atoms with Crippen LogP contribution in [0.2, 0.25) is 0 Å². The summed E-state index contributed by atoms with van der Waals surface area (Å²) in [7, 11) is 0. The topological polar surface area (TPSA) is 43.8 Å². The molecular formula is C23H34N2O2. The molecule has 1 amide bonds. The zero-order chi connectivity index (χ0) is 19.4. The van der Waals surface area contributed by atoms with E-state index in [1.54, 1.807) is 6.07 Å².